The molecule has 192 valence electrons. The number of benzene rings is 2. The Morgan fingerprint density at radius 1 is 0.657 bits per heavy atom. The molecule has 0 heterocycles. The molecular formula is C33H48ClP. The highest BCUT2D eigenvalue weighted by Gasteiger charge is 2.36. The SMILES string of the molecule is CC(C)c1ccc(-c2c(C(C)C)ccc(Cl)c2P(C2CCCCC2)C2CCCCC2)c(C(C)C)c1. The molecule has 0 unspecified atom stereocenters. The summed E-state index contributed by atoms with van der Waals surface area (Å²) in [5.74, 6) is 1.53. The first-order chi connectivity index (χ1) is 16.8. The number of rotatable bonds is 7. The third kappa shape index (κ3) is 6.02. The normalized spacial score (nSPS) is 18.4. The van der Waals surface area contributed by atoms with Gasteiger partial charge in [0.15, 0.2) is 0 Å². The van der Waals surface area contributed by atoms with Crippen molar-refractivity contribution in [3.05, 3.63) is 52.0 Å². The number of hydrogen-bond acceptors (Lipinski definition) is 0. The summed E-state index contributed by atoms with van der Waals surface area (Å²) < 4.78 is 0. The van der Waals surface area contributed by atoms with E-state index in [0.717, 1.165) is 16.3 Å². The maximum Gasteiger partial charge on any atom is 0.0489 e. The van der Waals surface area contributed by atoms with Crippen molar-refractivity contribution >= 4 is 24.8 Å². The van der Waals surface area contributed by atoms with Crippen molar-refractivity contribution in [2.24, 2.45) is 0 Å². The van der Waals surface area contributed by atoms with Crippen LogP contribution in [0.3, 0.4) is 0 Å². The Morgan fingerprint density at radius 3 is 1.69 bits per heavy atom. The van der Waals surface area contributed by atoms with E-state index in [0.29, 0.717) is 17.8 Å². The summed E-state index contributed by atoms with van der Waals surface area (Å²) in [4.78, 5) is 0. The molecule has 0 aromatic heterocycles. The molecule has 0 nitrogen and oxygen atoms in total. The van der Waals surface area contributed by atoms with Gasteiger partial charge in [-0.05, 0) is 88.6 Å². The summed E-state index contributed by atoms with van der Waals surface area (Å²) in [7, 11) is -0.282. The smallest absolute Gasteiger partial charge is 0.0489 e. The lowest BCUT2D eigenvalue weighted by molar-refractivity contribution is 0.487. The van der Waals surface area contributed by atoms with Crippen LogP contribution in [-0.4, -0.2) is 11.3 Å². The Balaban J connectivity index is 1.98. The molecule has 0 bridgehead atoms. The molecule has 0 atom stereocenters. The molecule has 2 aromatic carbocycles. The molecule has 0 N–H and O–H groups in total. The van der Waals surface area contributed by atoms with Crippen LogP contribution in [0.1, 0.15) is 140 Å². The quantitative estimate of drug-likeness (QED) is 0.325. The standard InChI is InChI=1S/C33H48ClP/c1-22(2)25-17-18-29(30(21-25)24(5)6)32-28(23(3)4)19-20-31(34)33(32)35(26-13-9-7-10-14-26)27-15-11-8-12-16-27/h17-24,26-27H,7-16H2,1-6H3. The molecule has 2 heteroatoms. The van der Waals surface area contributed by atoms with E-state index in [1.165, 1.54) is 92.0 Å². The van der Waals surface area contributed by atoms with Crippen LogP contribution in [0.4, 0.5) is 0 Å². The zero-order valence-corrected chi connectivity index (χ0v) is 24.8. The maximum atomic E-state index is 7.32. The second kappa shape index (κ2) is 12.1. The fraction of sp³-hybridized carbons (Fsp3) is 0.636. The number of halogens is 1. The second-order valence-electron chi connectivity index (χ2n) is 12.2. The van der Waals surface area contributed by atoms with Gasteiger partial charge in [-0.1, -0.05) is 124 Å². The molecule has 0 aliphatic heterocycles. The van der Waals surface area contributed by atoms with Crippen LogP contribution < -0.4 is 5.30 Å². The summed E-state index contributed by atoms with van der Waals surface area (Å²) in [6, 6.07) is 12.0. The lowest BCUT2D eigenvalue weighted by atomic mass is 9.85. The molecule has 2 aliphatic rings. The van der Waals surface area contributed by atoms with Crippen LogP contribution in [0.5, 0.6) is 0 Å². The van der Waals surface area contributed by atoms with Crippen LogP contribution in [0.2, 0.25) is 5.02 Å². The summed E-state index contributed by atoms with van der Waals surface area (Å²) in [5, 5.41) is 2.63. The van der Waals surface area contributed by atoms with Crippen molar-refractivity contribution in [2.45, 2.75) is 135 Å². The van der Waals surface area contributed by atoms with Crippen LogP contribution in [-0.2, 0) is 0 Å². The van der Waals surface area contributed by atoms with Crippen molar-refractivity contribution in [3.8, 4) is 11.1 Å². The minimum Gasteiger partial charge on any atom is -0.0836 e. The highest BCUT2D eigenvalue weighted by molar-refractivity contribution is 7.67. The third-order valence-electron chi connectivity index (χ3n) is 8.61. The van der Waals surface area contributed by atoms with Gasteiger partial charge < -0.3 is 0 Å². The minimum absolute atomic E-state index is 0.282. The molecule has 2 saturated carbocycles. The monoisotopic (exact) mass is 510 g/mol. The van der Waals surface area contributed by atoms with E-state index in [1.807, 2.05) is 0 Å². The van der Waals surface area contributed by atoms with Gasteiger partial charge in [0.25, 0.3) is 0 Å². The van der Waals surface area contributed by atoms with Gasteiger partial charge in [-0.25, -0.2) is 0 Å². The Morgan fingerprint density at radius 2 is 1.20 bits per heavy atom. The van der Waals surface area contributed by atoms with Crippen molar-refractivity contribution in [1.29, 1.82) is 0 Å². The van der Waals surface area contributed by atoms with Gasteiger partial charge >= 0.3 is 0 Å². The van der Waals surface area contributed by atoms with Crippen molar-refractivity contribution in [3.63, 3.8) is 0 Å². The second-order valence-corrected chi connectivity index (χ2v) is 15.3. The van der Waals surface area contributed by atoms with E-state index in [2.05, 4.69) is 71.9 Å². The highest BCUT2D eigenvalue weighted by Crippen LogP contribution is 2.58. The Hall–Kier alpha value is -0.840. The van der Waals surface area contributed by atoms with Crippen LogP contribution in [0.15, 0.2) is 30.3 Å². The van der Waals surface area contributed by atoms with Gasteiger partial charge in [0.05, 0.1) is 0 Å². The topological polar surface area (TPSA) is 0 Å². The fourth-order valence-electron chi connectivity index (χ4n) is 6.63. The van der Waals surface area contributed by atoms with Gasteiger partial charge in [-0.3, -0.25) is 0 Å². The Kier molecular flexibility index (Phi) is 9.43. The molecule has 2 aromatic rings. The van der Waals surface area contributed by atoms with Gasteiger partial charge in [0.2, 0.25) is 0 Å². The molecule has 0 saturated heterocycles. The van der Waals surface area contributed by atoms with Crippen LogP contribution in [0, 0.1) is 0 Å². The molecule has 4 rings (SSSR count). The molecule has 0 radical (unpaired) electrons. The molecule has 2 fully saturated rings. The minimum atomic E-state index is -0.282. The zero-order valence-electron chi connectivity index (χ0n) is 23.2. The first-order valence-corrected chi connectivity index (χ1v) is 16.4. The van der Waals surface area contributed by atoms with Gasteiger partial charge in [0, 0.05) is 10.3 Å². The van der Waals surface area contributed by atoms with E-state index in [-0.39, 0.29) is 7.92 Å². The first kappa shape index (κ1) is 27.2. The van der Waals surface area contributed by atoms with Gasteiger partial charge in [0.1, 0.15) is 0 Å². The van der Waals surface area contributed by atoms with Crippen molar-refractivity contribution < 1.29 is 0 Å². The molecule has 0 spiro atoms. The lowest BCUT2D eigenvalue weighted by Gasteiger charge is -2.41. The van der Waals surface area contributed by atoms with E-state index in [1.54, 1.807) is 5.30 Å². The summed E-state index contributed by atoms with van der Waals surface area (Å²) >= 11 is 7.32. The molecule has 0 amide bonds. The third-order valence-corrected chi connectivity index (χ3v) is 12.6. The highest BCUT2D eigenvalue weighted by atomic mass is 35.5. The van der Waals surface area contributed by atoms with E-state index >= 15 is 0 Å². The zero-order chi connectivity index (χ0) is 25.1. The van der Waals surface area contributed by atoms with Gasteiger partial charge in [-0.2, -0.15) is 0 Å². The molecular weight excluding hydrogens is 463 g/mol. The maximum absolute atomic E-state index is 7.32. The molecule has 2 aliphatic carbocycles. The molecule has 35 heavy (non-hydrogen) atoms. The van der Waals surface area contributed by atoms with E-state index < -0.39 is 0 Å². The summed E-state index contributed by atoms with van der Waals surface area (Å²) in [6.07, 6.45) is 14.1. The van der Waals surface area contributed by atoms with Crippen molar-refractivity contribution in [2.75, 3.05) is 0 Å². The van der Waals surface area contributed by atoms with Crippen LogP contribution in [0.25, 0.3) is 11.1 Å². The fourth-order valence-corrected chi connectivity index (χ4v) is 11.1. The van der Waals surface area contributed by atoms with Crippen molar-refractivity contribution in [1.82, 2.24) is 0 Å². The predicted molar refractivity (Wildman–Crippen MR) is 159 cm³/mol. The lowest BCUT2D eigenvalue weighted by Crippen LogP contribution is -2.28. The average molecular weight is 511 g/mol. The Bertz CT molecular complexity index is 959. The Labute approximate surface area is 222 Å². The first-order valence-electron chi connectivity index (χ1n) is 14.5. The van der Waals surface area contributed by atoms with E-state index in [4.69, 9.17) is 11.6 Å². The van der Waals surface area contributed by atoms with E-state index in [9.17, 15) is 0 Å². The summed E-state index contributed by atoms with van der Waals surface area (Å²) in [5.41, 5.74) is 9.13. The largest absolute Gasteiger partial charge is 0.0836 e. The van der Waals surface area contributed by atoms with Gasteiger partial charge in [-0.15, -0.1) is 0 Å². The summed E-state index contributed by atoms with van der Waals surface area (Å²) in [6.45, 7) is 14.1. The number of hydrogen-bond donors (Lipinski definition) is 0. The average Bonchev–Trinajstić information content (AvgIpc) is 2.85. The van der Waals surface area contributed by atoms with Crippen LogP contribution >= 0.6 is 19.5 Å². The predicted octanol–water partition coefficient (Wildman–Crippen LogP) is 11.1.